The molecule has 1 aliphatic heterocycles. The molecule has 7 heteroatoms. The van der Waals surface area contributed by atoms with Crippen molar-refractivity contribution in [1.82, 2.24) is 20.4 Å². The van der Waals surface area contributed by atoms with Gasteiger partial charge in [0.05, 0.1) is 0 Å². The minimum absolute atomic E-state index is 0.0248. The number of ether oxygens (including phenoxy) is 1. The third-order valence-corrected chi connectivity index (χ3v) is 3.28. The second-order valence-corrected chi connectivity index (χ2v) is 4.96. The molecule has 0 spiro atoms. The van der Waals surface area contributed by atoms with Gasteiger partial charge >= 0.3 is 0 Å². The third-order valence-electron chi connectivity index (χ3n) is 3.28. The zero-order valence-electron chi connectivity index (χ0n) is 12.1. The lowest BCUT2D eigenvalue weighted by Crippen LogP contribution is -2.43. The second kappa shape index (κ2) is 7.35. The zero-order valence-corrected chi connectivity index (χ0v) is 12.1. The molecule has 7 nitrogen and oxygen atoms in total. The predicted octanol–water partition coefficient (Wildman–Crippen LogP) is 0.495. The molecule has 112 valence electrons. The number of rotatable bonds is 7. The Bertz CT molecular complexity index is 429. The average Bonchev–Trinajstić information content (AvgIpc) is 3.07. The number of hydrogen-bond acceptors (Lipinski definition) is 6. The van der Waals surface area contributed by atoms with Crippen LogP contribution in [0, 0.1) is 6.92 Å². The van der Waals surface area contributed by atoms with Crippen LogP contribution in [0.5, 0.6) is 0 Å². The van der Waals surface area contributed by atoms with Crippen LogP contribution in [0.25, 0.3) is 0 Å². The van der Waals surface area contributed by atoms with Gasteiger partial charge in [0.25, 0.3) is 5.89 Å². The lowest BCUT2D eigenvalue weighted by atomic mass is 10.2. The summed E-state index contributed by atoms with van der Waals surface area (Å²) in [5, 5.41) is 6.96. The molecule has 0 radical (unpaired) electrons. The molecular weight excluding hydrogens is 260 g/mol. The Hall–Kier alpha value is -1.47. The summed E-state index contributed by atoms with van der Waals surface area (Å²) in [4.78, 5) is 18.2. The molecule has 1 saturated heterocycles. The molecule has 1 aromatic heterocycles. The van der Waals surface area contributed by atoms with Crippen molar-refractivity contribution >= 4 is 5.91 Å². The standard InChI is InChI=1S/C13H22N4O3/c1-3-6-17(11-4-5-14-7-11)13(18)9-19-8-12-15-10(2)16-20-12/h11,14H,3-9H2,1-2H3. The third kappa shape index (κ3) is 4.01. The molecule has 1 aliphatic rings. The zero-order chi connectivity index (χ0) is 14.4. The SMILES string of the molecule is CCCN(C(=O)COCc1nc(C)no1)C1CCNC1. The summed E-state index contributed by atoms with van der Waals surface area (Å²) in [5.41, 5.74) is 0. The first-order chi connectivity index (χ1) is 9.70. The van der Waals surface area contributed by atoms with Crippen LogP contribution >= 0.6 is 0 Å². The Balaban J connectivity index is 1.78. The summed E-state index contributed by atoms with van der Waals surface area (Å²) in [6.07, 6.45) is 1.96. The number of carbonyl (C=O) groups excluding carboxylic acids is 1. The van der Waals surface area contributed by atoms with Crippen LogP contribution in [0.4, 0.5) is 0 Å². The molecule has 1 unspecified atom stereocenters. The van der Waals surface area contributed by atoms with Gasteiger partial charge < -0.3 is 19.5 Å². The van der Waals surface area contributed by atoms with E-state index in [2.05, 4.69) is 22.4 Å². The Morgan fingerprint density at radius 1 is 1.60 bits per heavy atom. The van der Waals surface area contributed by atoms with E-state index in [1.807, 2.05) is 4.90 Å². The minimum atomic E-state index is 0.0248. The number of carbonyl (C=O) groups is 1. The summed E-state index contributed by atoms with van der Waals surface area (Å²) in [5.74, 6) is 0.997. The number of amides is 1. The van der Waals surface area contributed by atoms with Gasteiger partial charge in [-0.3, -0.25) is 4.79 Å². The molecule has 2 heterocycles. The Morgan fingerprint density at radius 2 is 2.45 bits per heavy atom. The van der Waals surface area contributed by atoms with Crippen LogP contribution in [-0.2, 0) is 16.1 Å². The predicted molar refractivity (Wildman–Crippen MR) is 72.0 cm³/mol. The normalized spacial score (nSPS) is 18.4. The Kier molecular flexibility index (Phi) is 5.49. The summed E-state index contributed by atoms with van der Waals surface area (Å²) >= 11 is 0. The fraction of sp³-hybridized carbons (Fsp3) is 0.769. The van der Waals surface area contributed by atoms with Crippen LogP contribution < -0.4 is 5.32 Å². The first-order valence-corrected chi connectivity index (χ1v) is 7.07. The summed E-state index contributed by atoms with van der Waals surface area (Å²) in [6.45, 7) is 6.66. The van der Waals surface area contributed by atoms with Crippen molar-refractivity contribution < 1.29 is 14.1 Å². The number of aromatic nitrogens is 2. The maximum Gasteiger partial charge on any atom is 0.252 e. The van der Waals surface area contributed by atoms with Crippen LogP contribution in [0.2, 0.25) is 0 Å². The van der Waals surface area contributed by atoms with Crippen molar-refractivity contribution in [1.29, 1.82) is 0 Å². The molecule has 2 rings (SSSR count). The fourth-order valence-electron chi connectivity index (χ4n) is 2.36. The maximum atomic E-state index is 12.2. The molecule has 1 amide bonds. The number of nitrogens with zero attached hydrogens (tertiary/aromatic N) is 3. The second-order valence-electron chi connectivity index (χ2n) is 4.96. The highest BCUT2D eigenvalue weighted by molar-refractivity contribution is 5.77. The van der Waals surface area contributed by atoms with Gasteiger partial charge in [0, 0.05) is 19.1 Å². The van der Waals surface area contributed by atoms with Gasteiger partial charge in [0.1, 0.15) is 13.2 Å². The highest BCUT2D eigenvalue weighted by Crippen LogP contribution is 2.10. The van der Waals surface area contributed by atoms with Crippen LogP contribution in [0.1, 0.15) is 31.5 Å². The van der Waals surface area contributed by atoms with Gasteiger partial charge in [0.15, 0.2) is 5.82 Å². The summed E-state index contributed by atoms with van der Waals surface area (Å²) in [6, 6.07) is 0.289. The maximum absolute atomic E-state index is 12.2. The number of hydrogen-bond donors (Lipinski definition) is 1. The van der Waals surface area contributed by atoms with E-state index in [4.69, 9.17) is 9.26 Å². The van der Waals surface area contributed by atoms with Gasteiger partial charge in [0.2, 0.25) is 5.91 Å². The molecule has 0 bridgehead atoms. The quantitative estimate of drug-likeness (QED) is 0.784. The van der Waals surface area contributed by atoms with E-state index in [0.717, 1.165) is 32.5 Å². The lowest BCUT2D eigenvalue weighted by molar-refractivity contribution is -0.138. The minimum Gasteiger partial charge on any atom is -0.362 e. The van der Waals surface area contributed by atoms with Crippen molar-refractivity contribution in [2.45, 2.75) is 39.3 Å². The van der Waals surface area contributed by atoms with Gasteiger partial charge in [-0.1, -0.05) is 12.1 Å². The van der Waals surface area contributed by atoms with E-state index < -0.39 is 0 Å². The largest absolute Gasteiger partial charge is 0.362 e. The van der Waals surface area contributed by atoms with Gasteiger partial charge in [-0.25, -0.2) is 0 Å². The molecule has 0 aromatic carbocycles. The lowest BCUT2D eigenvalue weighted by Gasteiger charge is -2.28. The van der Waals surface area contributed by atoms with Crippen LogP contribution in [0.3, 0.4) is 0 Å². The first-order valence-electron chi connectivity index (χ1n) is 7.07. The van der Waals surface area contributed by atoms with E-state index >= 15 is 0 Å². The van der Waals surface area contributed by atoms with Crippen molar-refractivity contribution in [3.8, 4) is 0 Å². The monoisotopic (exact) mass is 282 g/mol. The highest BCUT2D eigenvalue weighted by atomic mass is 16.5. The Labute approximate surface area is 118 Å². The van der Waals surface area contributed by atoms with Crippen molar-refractivity contribution in [2.24, 2.45) is 0 Å². The molecule has 1 N–H and O–H groups in total. The molecular formula is C13H22N4O3. The highest BCUT2D eigenvalue weighted by Gasteiger charge is 2.25. The van der Waals surface area contributed by atoms with E-state index in [-0.39, 0.29) is 25.2 Å². The number of nitrogens with one attached hydrogen (secondary N) is 1. The van der Waals surface area contributed by atoms with Crippen LogP contribution in [-0.4, -0.2) is 53.2 Å². The summed E-state index contributed by atoms with van der Waals surface area (Å²) in [7, 11) is 0. The topological polar surface area (TPSA) is 80.5 Å². The van der Waals surface area contributed by atoms with Crippen molar-refractivity contribution in [3.63, 3.8) is 0 Å². The summed E-state index contributed by atoms with van der Waals surface area (Å²) < 4.78 is 10.3. The van der Waals surface area contributed by atoms with E-state index in [0.29, 0.717) is 11.7 Å². The van der Waals surface area contributed by atoms with E-state index in [1.54, 1.807) is 6.92 Å². The fourth-order valence-corrected chi connectivity index (χ4v) is 2.36. The van der Waals surface area contributed by atoms with Gasteiger partial charge in [-0.15, -0.1) is 0 Å². The molecule has 0 aliphatic carbocycles. The molecule has 1 atom stereocenters. The molecule has 1 aromatic rings. The molecule has 1 fully saturated rings. The van der Waals surface area contributed by atoms with E-state index in [9.17, 15) is 4.79 Å². The number of aryl methyl sites for hydroxylation is 1. The van der Waals surface area contributed by atoms with Crippen molar-refractivity contribution in [3.05, 3.63) is 11.7 Å². The van der Waals surface area contributed by atoms with Gasteiger partial charge in [-0.05, 0) is 26.3 Å². The van der Waals surface area contributed by atoms with Gasteiger partial charge in [-0.2, -0.15) is 4.98 Å². The first kappa shape index (κ1) is 14.9. The van der Waals surface area contributed by atoms with Crippen LogP contribution in [0.15, 0.2) is 4.52 Å². The molecule has 0 saturated carbocycles. The van der Waals surface area contributed by atoms with Crippen molar-refractivity contribution in [2.75, 3.05) is 26.2 Å². The smallest absolute Gasteiger partial charge is 0.252 e. The average molecular weight is 282 g/mol. The van der Waals surface area contributed by atoms with E-state index in [1.165, 1.54) is 0 Å². The molecule has 20 heavy (non-hydrogen) atoms. The Morgan fingerprint density at radius 3 is 3.05 bits per heavy atom.